The molecule has 0 heterocycles. The van der Waals surface area contributed by atoms with Crippen LogP contribution in [0.4, 0.5) is 10.5 Å². The minimum Gasteiger partial charge on any atom is -0.508 e. The van der Waals surface area contributed by atoms with Crippen molar-refractivity contribution < 1.29 is 30.1 Å². The standard InChI is InChI=1S/C7H8O.C6H5NO3.CH2O3/c8-6-7-4-2-1-3-5-7;8-6-3-1-5(2-4-6)7(9)10;2-1(3)4/h1-5,8H,6H2;1-4,8H;(H2,2,3,4). The molecule has 0 spiro atoms. The summed E-state index contributed by atoms with van der Waals surface area (Å²) in [6, 6.07) is 14.6. The van der Waals surface area contributed by atoms with Gasteiger partial charge in [-0.05, 0) is 17.7 Å². The summed E-state index contributed by atoms with van der Waals surface area (Å²) in [6.07, 6.45) is -1.83. The Kier molecular flexibility index (Phi) is 9.12. The van der Waals surface area contributed by atoms with Gasteiger partial charge in [0.1, 0.15) is 5.75 Å². The van der Waals surface area contributed by atoms with Gasteiger partial charge in [0, 0.05) is 12.1 Å². The lowest BCUT2D eigenvalue weighted by molar-refractivity contribution is -0.384. The number of rotatable bonds is 2. The molecule has 2 aromatic rings. The quantitative estimate of drug-likeness (QED) is 0.493. The predicted octanol–water partition coefficient (Wildman–Crippen LogP) is 2.70. The molecule has 0 unspecified atom stereocenters. The SMILES string of the molecule is O=C(O)O.O=[N+]([O-])c1ccc(O)cc1.OCc1ccccc1. The van der Waals surface area contributed by atoms with Crippen LogP contribution in [0.2, 0.25) is 0 Å². The Bertz CT molecular complexity index is 566. The zero-order valence-electron chi connectivity index (χ0n) is 11.4. The Balaban J connectivity index is 0.000000330. The first-order valence-corrected chi connectivity index (χ1v) is 5.87. The molecule has 0 aliphatic rings. The second kappa shape index (κ2) is 10.6. The lowest BCUT2D eigenvalue weighted by atomic mass is 10.2. The van der Waals surface area contributed by atoms with Crippen molar-refractivity contribution in [3.05, 3.63) is 70.3 Å². The van der Waals surface area contributed by atoms with E-state index in [1.165, 1.54) is 24.3 Å². The maximum atomic E-state index is 10.0. The van der Waals surface area contributed by atoms with Crippen molar-refractivity contribution in [1.82, 2.24) is 0 Å². The fourth-order valence-corrected chi connectivity index (χ4v) is 1.16. The number of carbonyl (C=O) groups is 1. The third-order valence-electron chi connectivity index (χ3n) is 2.09. The van der Waals surface area contributed by atoms with Crippen LogP contribution < -0.4 is 0 Å². The molecule has 0 aliphatic heterocycles. The summed E-state index contributed by atoms with van der Waals surface area (Å²) in [6.45, 7) is 0.140. The van der Waals surface area contributed by atoms with E-state index in [2.05, 4.69) is 0 Å². The van der Waals surface area contributed by atoms with E-state index in [1.54, 1.807) is 0 Å². The molecule has 0 aliphatic carbocycles. The summed E-state index contributed by atoms with van der Waals surface area (Å²) < 4.78 is 0. The number of nitro groups is 1. The fourth-order valence-electron chi connectivity index (χ4n) is 1.16. The minimum atomic E-state index is -1.83. The molecule has 0 bridgehead atoms. The first-order chi connectivity index (χ1) is 10.4. The number of aromatic hydroxyl groups is 1. The number of phenolic OH excluding ortho intramolecular Hbond substituents is 1. The molecule has 0 atom stereocenters. The summed E-state index contributed by atoms with van der Waals surface area (Å²) in [4.78, 5) is 18.1. The molecule has 8 heteroatoms. The van der Waals surface area contributed by atoms with Crippen LogP contribution in [0, 0.1) is 10.1 Å². The third kappa shape index (κ3) is 9.75. The number of aliphatic hydroxyl groups excluding tert-OH is 1. The van der Waals surface area contributed by atoms with Gasteiger partial charge < -0.3 is 20.4 Å². The Hall–Kier alpha value is -3.13. The Morgan fingerprint density at radius 1 is 1.00 bits per heavy atom. The number of aliphatic hydroxyl groups is 1. The molecule has 0 amide bonds. The van der Waals surface area contributed by atoms with Crippen molar-refractivity contribution in [2.45, 2.75) is 6.61 Å². The maximum absolute atomic E-state index is 10.0. The Morgan fingerprint density at radius 2 is 1.45 bits per heavy atom. The summed E-state index contributed by atoms with van der Waals surface area (Å²) in [7, 11) is 0. The summed E-state index contributed by atoms with van der Waals surface area (Å²) in [5, 5.41) is 41.2. The number of phenols is 1. The number of nitrogens with zero attached hydrogens (tertiary/aromatic N) is 1. The van der Waals surface area contributed by atoms with Gasteiger partial charge in [0.2, 0.25) is 0 Å². The van der Waals surface area contributed by atoms with Crippen molar-refractivity contribution in [2.75, 3.05) is 0 Å². The van der Waals surface area contributed by atoms with Crippen molar-refractivity contribution in [3.63, 3.8) is 0 Å². The zero-order valence-corrected chi connectivity index (χ0v) is 11.4. The average molecular weight is 309 g/mol. The first-order valence-electron chi connectivity index (χ1n) is 5.87. The Labute approximate surface area is 125 Å². The fraction of sp³-hybridized carbons (Fsp3) is 0.0714. The third-order valence-corrected chi connectivity index (χ3v) is 2.09. The summed E-state index contributed by atoms with van der Waals surface area (Å²) >= 11 is 0. The average Bonchev–Trinajstić information content (AvgIpc) is 2.48. The van der Waals surface area contributed by atoms with E-state index in [4.69, 9.17) is 25.2 Å². The number of benzene rings is 2. The van der Waals surface area contributed by atoms with Crippen LogP contribution in [0.25, 0.3) is 0 Å². The molecule has 4 N–H and O–H groups in total. The monoisotopic (exact) mass is 309 g/mol. The molecule has 0 saturated carbocycles. The molecule has 118 valence electrons. The molecule has 2 aromatic carbocycles. The second-order valence-corrected chi connectivity index (χ2v) is 3.70. The minimum absolute atomic E-state index is 0.0159. The van der Waals surface area contributed by atoms with Gasteiger partial charge in [0.05, 0.1) is 11.5 Å². The van der Waals surface area contributed by atoms with Crippen molar-refractivity contribution >= 4 is 11.8 Å². The van der Waals surface area contributed by atoms with Crippen LogP contribution in [0.5, 0.6) is 5.75 Å². The van der Waals surface area contributed by atoms with E-state index in [0.717, 1.165) is 5.56 Å². The molecule has 2 rings (SSSR count). The van der Waals surface area contributed by atoms with Crippen molar-refractivity contribution in [3.8, 4) is 5.75 Å². The second-order valence-electron chi connectivity index (χ2n) is 3.70. The molecule has 0 radical (unpaired) electrons. The van der Waals surface area contributed by atoms with Gasteiger partial charge >= 0.3 is 6.16 Å². The van der Waals surface area contributed by atoms with E-state index in [9.17, 15) is 10.1 Å². The first kappa shape index (κ1) is 18.9. The van der Waals surface area contributed by atoms with Gasteiger partial charge in [-0.3, -0.25) is 10.1 Å². The number of non-ortho nitro benzene ring substituents is 1. The molecule has 22 heavy (non-hydrogen) atoms. The number of nitro benzene ring substituents is 1. The van der Waals surface area contributed by atoms with Gasteiger partial charge in [-0.15, -0.1) is 0 Å². The summed E-state index contributed by atoms with van der Waals surface area (Å²) in [5.41, 5.74) is 0.949. The summed E-state index contributed by atoms with van der Waals surface area (Å²) in [5.74, 6) is 0.0330. The Morgan fingerprint density at radius 3 is 1.77 bits per heavy atom. The van der Waals surface area contributed by atoms with Gasteiger partial charge in [0.15, 0.2) is 0 Å². The topological polar surface area (TPSA) is 141 Å². The van der Waals surface area contributed by atoms with Gasteiger partial charge in [-0.1, -0.05) is 30.3 Å². The highest BCUT2D eigenvalue weighted by atomic mass is 16.6. The molecule has 0 fully saturated rings. The number of hydrogen-bond donors (Lipinski definition) is 4. The van der Waals surface area contributed by atoms with Gasteiger partial charge in [-0.25, -0.2) is 4.79 Å². The van der Waals surface area contributed by atoms with Crippen molar-refractivity contribution in [2.24, 2.45) is 0 Å². The van der Waals surface area contributed by atoms with E-state index in [-0.39, 0.29) is 18.0 Å². The van der Waals surface area contributed by atoms with E-state index in [0.29, 0.717) is 0 Å². The highest BCUT2D eigenvalue weighted by Crippen LogP contribution is 2.14. The van der Waals surface area contributed by atoms with Crippen LogP contribution in [0.1, 0.15) is 5.56 Å². The maximum Gasteiger partial charge on any atom is 0.503 e. The van der Waals surface area contributed by atoms with Crippen LogP contribution in [0.3, 0.4) is 0 Å². The highest BCUT2D eigenvalue weighted by Gasteiger charge is 2.01. The van der Waals surface area contributed by atoms with E-state index >= 15 is 0 Å². The number of hydrogen-bond acceptors (Lipinski definition) is 5. The molecule has 0 aromatic heterocycles. The van der Waals surface area contributed by atoms with Crippen LogP contribution in [-0.2, 0) is 6.61 Å². The van der Waals surface area contributed by atoms with E-state index < -0.39 is 11.1 Å². The number of carboxylic acid groups (broad SMARTS) is 2. The van der Waals surface area contributed by atoms with E-state index in [1.807, 2.05) is 30.3 Å². The molecule has 8 nitrogen and oxygen atoms in total. The van der Waals surface area contributed by atoms with Crippen LogP contribution >= 0.6 is 0 Å². The lowest BCUT2D eigenvalue weighted by Gasteiger charge is -1.89. The molecular formula is C14H15NO7. The smallest absolute Gasteiger partial charge is 0.503 e. The normalized spacial score (nSPS) is 8.59. The van der Waals surface area contributed by atoms with Gasteiger partial charge in [0.25, 0.3) is 5.69 Å². The van der Waals surface area contributed by atoms with Crippen molar-refractivity contribution in [1.29, 1.82) is 0 Å². The lowest BCUT2D eigenvalue weighted by Crippen LogP contribution is -1.85. The highest BCUT2D eigenvalue weighted by molar-refractivity contribution is 5.53. The van der Waals surface area contributed by atoms with Crippen LogP contribution in [-0.4, -0.2) is 31.5 Å². The largest absolute Gasteiger partial charge is 0.508 e. The van der Waals surface area contributed by atoms with Crippen LogP contribution in [0.15, 0.2) is 54.6 Å². The molecule has 0 saturated heterocycles. The van der Waals surface area contributed by atoms with Gasteiger partial charge in [-0.2, -0.15) is 0 Å². The molecular weight excluding hydrogens is 294 g/mol. The predicted molar refractivity (Wildman–Crippen MR) is 77.8 cm³/mol. The zero-order chi connectivity index (χ0) is 17.0.